The van der Waals surface area contributed by atoms with E-state index in [1.54, 1.807) is 11.4 Å². The summed E-state index contributed by atoms with van der Waals surface area (Å²) in [7, 11) is 0. The number of allylic oxidation sites excluding steroid dienone is 1. The summed E-state index contributed by atoms with van der Waals surface area (Å²) in [4.78, 5) is 37.8. The largest absolute Gasteiger partial charge is 0.422 e. The molecular weight excluding hydrogens is 450 g/mol. The first-order valence-electron chi connectivity index (χ1n) is 9.16. The Kier molecular flexibility index (Phi) is 5.62. The third kappa shape index (κ3) is 4.29. The minimum Gasteiger partial charge on any atom is -0.422 e. The monoisotopic (exact) mass is 461 g/mol. The minimum atomic E-state index is -0.686. The lowest BCUT2D eigenvalue weighted by atomic mass is 10.1. The van der Waals surface area contributed by atoms with Crippen molar-refractivity contribution in [2.45, 2.75) is 0 Å². The highest BCUT2D eigenvalue weighted by Gasteiger charge is 2.16. The van der Waals surface area contributed by atoms with Gasteiger partial charge in [0, 0.05) is 35.2 Å². The molecule has 2 aromatic heterocycles. The van der Waals surface area contributed by atoms with Gasteiger partial charge in [-0.3, -0.25) is 20.2 Å². The summed E-state index contributed by atoms with van der Waals surface area (Å²) < 4.78 is 5.25. The van der Waals surface area contributed by atoms with Crippen LogP contribution >= 0.6 is 11.3 Å². The molecule has 0 unspecified atom stereocenters. The van der Waals surface area contributed by atoms with E-state index in [1.807, 2.05) is 6.07 Å². The molecule has 0 fully saturated rings. The average molecular weight is 461 g/mol. The fourth-order valence-electron chi connectivity index (χ4n) is 2.97. The number of fused-ring (bicyclic) bond motifs is 1. The van der Waals surface area contributed by atoms with Crippen LogP contribution in [-0.2, 0) is 0 Å². The molecule has 0 aliphatic carbocycles. The molecule has 0 atom stereocenters. The lowest BCUT2D eigenvalue weighted by Crippen LogP contribution is -2.03. The van der Waals surface area contributed by atoms with Crippen LogP contribution in [0.4, 0.5) is 17.1 Å². The number of nitro benzene ring substituents is 2. The summed E-state index contributed by atoms with van der Waals surface area (Å²) in [6.07, 6.45) is 1.29. The summed E-state index contributed by atoms with van der Waals surface area (Å²) in [5.74, 6) is 0. The van der Waals surface area contributed by atoms with Gasteiger partial charge in [-0.25, -0.2) is 9.78 Å². The van der Waals surface area contributed by atoms with Crippen LogP contribution in [0.15, 0.2) is 69.3 Å². The van der Waals surface area contributed by atoms with Gasteiger partial charge in [0.15, 0.2) is 0 Å². The van der Waals surface area contributed by atoms with E-state index in [4.69, 9.17) is 4.42 Å². The number of hydrogen-bond acceptors (Lipinski definition) is 10. The van der Waals surface area contributed by atoms with Crippen LogP contribution in [0.5, 0.6) is 0 Å². The molecule has 12 heteroatoms. The fraction of sp³-hybridized carbons (Fsp3) is 0. The molecule has 11 nitrogen and oxygen atoms in total. The van der Waals surface area contributed by atoms with Crippen molar-refractivity contribution in [3.63, 3.8) is 0 Å². The maximum Gasteiger partial charge on any atom is 0.345 e. The van der Waals surface area contributed by atoms with Crippen molar-refractivity contribution in [1.29, 1.82) is 5.26 Å². The molecule has 4 aromatic rings. The molecule has 0 amide bonds. The molecule has 0 bridgehead atoms. The Labute approximate surface area is 188 Å². The quantitative estimate of drug-likeness (QED) is 0.185. The van der Waals surface area contributed by atoms with Crippen molar-refractivity contribution in [2.24, 2.45) is 0 Å². The minimum absolute atomic E-state index is 0.0782. The molecular formula is C21H11N5O6S. The highest BCUT2D eigenvalue weighted by molar-refractivity contribution is 7.11. The van der Waals surface area contributed by atoms with E-state index >= 15 is 0 Å². The standard InChI is InChI=1S/C21H11N5O6S/c22-9-13(10-23-16-3-1-2-4-18(16)26(30)31)20-24-17(11-33-20)15-8-12-7-14(25(28)29)5-6-19(12)32-21(15)27/h1-8,10-11,23H/b13-10+. The van der Waals surface area contributed by atoms with Gasteiger partial charge in [-0.2, -0.15) is 5.26 Å². The van der Waals surface area contributed by atoms with Gasteiger partial charge in [0.25, 0.3) is 11.4 Å². The smallest absolute Gasteiger partial charge is 0.345 e. The Morgan fingerprint density at radius 1 is 1.15 bits per heavy atom. The first kappa shape index (κ1) is 21.3. The van der Waals surface area contributed by atoms with Crippen LogP contribution in [0.1, 0.15) is 5.01 Å². The molecule has 33 heavy (non-hydrogen) atoms. The number of nitrogens with zero attached hydrogens (tertiary/aromatic N) is 4. The predicted octanol–water partition coefficient (Wildman–Crippen LogP) is 4.71. The Hall–Kier alpha value is -4.89. The number of para-hydroxylation sites is 2. The number of hydrogen-bond donors (Lipinski definition) is 1. The molecule has 0 aliphatic rings. The number of nitriles is 1. The molecule has 0 aliphatic heterocycles. The van der Waals surface area contributed by atoms with E-state index in [0.717, 1.165) is 11.3 Å². The van der Waals surface area contributed by atoms with Crippen LogP contribution in [0, 0.1) is 31.6 Å². The maximum atomic E-state index is 12.4. The molecule has 0 saturated carbocycles. The molecule has 4 rings (SSSR count). The number of anilines is 1. The summed E-state index contributed by atoms with van der Waals surface area (Å²) in [6.45, 7) is 0. The second kappa shape index (κ2) is 8.69. The molecule has 0 spiro atoms. The highest BCUT2D eigenvalue weighted by Crippen LogP contribution is 2.29. The van der Waals surface area contributed by atoms with Gasteiger partial charge in [0.2, 0.25) is 0 Å². The number of nitro groups is 2. The van der Waals surface area contributed by atoms with Crippen molar-refractivity contribution in [2.75, 3.05) is 5.32 Å². The zero-order valence-corrected chi connectivity index (χ0v) is 17.2. The van der Waals surface area contributed by atoms with Crippen molar-refractivity contribution < 1.29 is 14.3 Å². The number of non-ortho nitro benzene ring substituents is 1. The second-order valence-electron chi connectivity index (χ2n) is 6.55. The van der Waals surface area contributed by atoms with E-state index in [-0.39, 0.29) is 44.5 Å². The van der Waals surface area contributed by atoms with Crippen molar-refractivity contribution in [3.8, 4) is 17.3 Å². The van der Waals surface area contributed by atoms with Gasteiger partial charge in [-0.1, -0.05) is 12.1 Å². The van der Waals surface area contributed by atoms with E-state index in [2.05, 4.69) is 10.3 Å². The predicted molar refractivity (Wildman–Crippen MR) is 121 cm³/mol. The van der Waals surface area contributed by atoms with Gasteiger partial charge in [-0.05, 0) is 18.2 Å². The Morgan fingerprint density at radius 3 is 2.67 bits per heavy atom. The summed E-state index contributed by atoms with van der Waals surface area (Å²) in [6, 6.07) is 13.2. The molecule has 2 heterocycles. The number of rotatable bonds is 6. The van der Waals surface area contributed by atoms with Gasteiger partial charge in [-0.15, -0.1) is 11.3 Å². The van der Waals surface area contributed by atoms with Gasteiger partial charge >= 0.3 is 5.63 Å². The topological polar surface area (TPSA) is 165 Å². The van der Waals surface area contributed by atoms with Crippen LogP contribution in [0.25, 0.3) is 27.8 Å². The second-order valence-corrected chi connectivity index (χ2v) is 7.41. The Bertz CT molecular complexity index is 1550. The maximum absolute atomic E-state index is 12.4. The van der Waals surface area contributed by atoms with Crippen LogP contribution in [0.2, 0.25) is 0 Å². The summed E-state index contributed by atoms with van der Waals surface area (Å²) in [5.41, 5.74) is -0.219. The number of aromatic nitrogens is 1. The lowest BCUT2D eigenvalue weighted by molar-refractivity contribution is -0.384. The van der Waals surface area contributed by atoms with E-state index in [0.29, 0.717) is 5.39 Å². The van der Waals surface area contributed by atoms with Gasteiger partial charge in [0.05, 0.1) is 21.1 Å². The average Bonchev–Trinajstić information content (AvgIpc) is 3.28. The van der Waals surface area contributed by atoms with Gasteiger partial charge < -0.3 is 9.73 Å². The Morgan fingerprint density at radius 2 is 1.94 bits per heavy atom. The third-order valence-electron chi connectivity index (χ3n) is 4.53. The zero-order chi connectivity index (χ0) is 23.5. The molecule has 1 N–H and O–H groups in total. The van der Waals surface area contributed by atoms with Crippen molar-refractivity contribution in [3.05, 3.63) is 95.8 Å². The summed E-state index contributed by atoms with van der Waals surface area (Å²) in [5, 5.41) is 36.6. The number of thiazole rings is 1. The van der Waals surface area contributed by atoms with E-state index in [1.165, 1.54) is 48.7 Å². The molecule has 2 aromatic carbocycles. The third-order valence-corrected chi connectivity index (χ3v) is 5.41. The summed E-state index contributed by atoms with van der Waals surface area (Å²) >= 11 is 1.08. The van der Waals surface area contributed by atoms with Gasteiger partial charge in [0.1, 0.15) is 27.9 Å². The molecule has 0 radical (unpaired) electrons. The lowest BCUT2D eigenvalue weighted by Gasteiger charge is -2.02. The van der Waals surface area contributed by atoms with E-state index < -0.39 is 15.5 Å². The van der Waals surface area contributed by atoms with E-state index in [9.17, 15) is 30.3 Å². The number of benzene rings is 2. The fourth-order valence-corrected chi connectivity index (χ4v) is 3.76. The van der Waals surface area contributed by atoms with Crippen molar-refractivity contribution >= 4 is 44.9 Å². The van der Waals surface area contributed by atoms with Crippen LogP contribution < -0.4 is 10.9 Å². The molecule has 0 saturated heterocycles. The first-order chi connectivity index (χ1) is 15.9. The first-order valence-corrected chi connectivity index (χ1v) is 10.0. The molecule has 162 valence electrons. The zero-order valence-electron chi connectivity index (χ0n) is 16.4. The SMILES string of the molecule is N#C/C(=C\Nc1ccccc1[N+](=O)[O-])c1nc(-c2cc3cc([N+](=O)[O-])ccc3oc2=O)cs1. The number of nitrogens with one attached hydrogen (secondary N) is 1. The van der Waals surface area contributed by atoms with Crippen LogP contribution in [-0.4, -0.2) is 14.8 Å². The Balaban J connectivity index is 1.69. The normalized spacial score (nSPS) is 11.2. The van der Waals surface area contributed by atoms with Crippen LogP contribution in [0.3, 0.4) is 0 Å². The highest BCUT2D eigenvalue weighted by atomic mass is 32.1. The van der Waals surface area contributed by atoms with Crippen molar-refractivity contribution in [1.82, 2.24) is 4.98 Å².